The predicted octanol–water partition coefficient (Wildman–Crippen LogP) is 2.25. The number of hydrogen-bond donors (Lipinski definition) is 0. The molecule has 27 heavy (non-hydrogen) atoms. The molecule has 2 aliphatic rings. The molecule has 6 nitrogen and oxygen atoms in total. The van der Waals surface area contributed by atoms with Crippen molar-refractivity contribution in [3.63, 3.8) is 0 Å². The molecule has 1 aromatic rings. The number of piperidine rings is 1. The van der Waals surface area contributed by atoms with Crippen molar-refractivity contribution in [3.05, 3.63) is 29.8 Å². The fourth-order valence-electron chi connectivity index (χ4n) is 3.82. The van der Waals surface area contributed by atoms with Crippen LogP contribution < -0.4 is 4.90 Å². The van der Waals surface area contributed by atoms with Crippen molar-refractivity contribution >= 4 is 17.5 Å². The zero-order valence-corrected chi connectivity index (χ0v) is 16.4. The van der Waals surface area contributed by atoms with Crippen LogP contribution in [0.25, 0.3) is 0 Å². The van der Waals surface area contributed by atoms with E-state index in [1.54, 1.807) is 12.0 Å². The third-order valence-electron chi connectivity index (χ3n) is 5.53. The van der Waals surface area contributed by atoms with Crippen molar-refractivity contribution in [2.24, 2.45) is 11.8 Å². The molecule has 0 saturated carbocycles. The molecule has 1 aromatic carbocycles. The van der Waals surface area contributed by atoms with E-state index in [0.29, 0.717) is 32.1 Å². The molecule has 2 fully saturated rings. The molecule has 1 atom stereocenters. The van der Waals surface area contributed by atoms with Gasteiger partial charge in [0.1, 0.15) is 0 Å². The van der Waals surface area contributed by atoms with Gasteiger partial charge in [0.2, 0.25) is 11.8 Å². The van der Waals surface area contributed by atoms with Gasteiger partial charge in [-0.3, -0.25) is 9.59 Å². The van der Waals surface area contributed by atoms with Crippen LogP contribution in [0.2, 0.25) is 0 Å². The lowest BCUT2D eigenvalue weighted by Gasteiger charge is -2.33. The quantitative estimate of drug-likeness (QED) is 0.687. The van der Waals surface area contributed by atoms with Crippen LogP contribution >= 0.6 is 0 Å². The summed E-state index contributed by atoms with van der Waals surface area (Å²) in [5.41, 5.74) is 2.04. The van der Waals surface area contributed by atoms with E-state index in [1.165, 1.54) is 0 Å². The largest absolute Gasteiger partial charge is 0.382 e. The lowest BCUT2D eigenvalue weighted by Crippen LogP contribution is -2.43. The first-order chi connectivity index (χ1) is 13.1. The van der Waals surface area contributed by atoms with Crippen LogP contribution in [-0.2, 0) is 19.1 Å². The Morgan fingerprint density at radius 3 is 2.52 bits per heavy atom. The van der Waals surface area contributed by atoms with Gasteiger partial charge in [0.05, 0.1) is 19.1 Å². The summed E-state index contributed by atoms with van der Waals surface area (Å²) < 4.78 is 10.6. The molecule has 2 aliphatic heterocycles. The van der Waals surface area contributed by atoms with Crippen LogP contribution in [0.4, 0.5) is 5.69 Å². The van der Waals surface area contributed by atoms with Gasteiger partial charge in [0.25, 0.3) is 0 Å². The second-order valence-corrected chi connectivity index (χ2v) is 7.58. The third-order valence-corrected chi connectivity index (χ3v) is 5.53. The average Bonchev–Trinajstić information content (AvgIpc) is 3.07. The van der Waals surface area contributed by atoms with E-state index in [0.717, 1.165) is 43.8 Å². The van der Waals surface area contributed by atoms with Crippen LogP contribution in [0.15, 0.2) is 24.3 Å². The Labute approximate surface area is 161 Å². The Bertz CT molecular complexity index is 638. The normalized spacial score (nSPS) is 21.1. The summed E-state index contributed by atoms with van der Waals surface area (Å²) in [5.74, 6) is 0.434. The number of carbonyl (C=O) groups excluding carboxylic acids is 2. The van der Waals surface area contributed by atoms with Gasteiger partial charge in [-0.05, 0) is 37.8 Å². The molecule has 0 aromatic heterocycles. The molecule has 0 aliphatic carbocycles. The molecular weight excluding hydrogens is 344 g/mol. The van der Waals surface area contributed by atoms with Crippen molar-refractivity contribution in [3.8, 4) is 0 Å². The number of rotatable bonds is 7. The van der Waals surface area contributed by atoms with Crippen molar-refractivity contribution in [2.45, 2.75) is 26.2 Å². The van der Waals surface area contributed by atoms with E-state index in [-0.39, 0.29) is 17.7 Å². The molecule has 3 rings (SSSR count). The maximum absolute atomic E-state index is 12.9. The zero-order chi connectivity index (χ0) is 19.2. The van der Waals surface area contributed by atoms with Crippen molar-refractivity contribution in [1.29, 1.82) is 0 Å². The first-order valence-electron chi connectivity index (χ1n) is 9.81. The molecular formula is C21H30N2O4. The lowest BCUT2D eigenvalue weighted by molar-refractivity contribution is -0.137. The minimum Gasteiger partial charge on any atom is -0.382 e. The highest BCUT2D eigenvalue weighted by molar-refractivity contribution is 6.00. The summed E-state index contributed by atoms with van der Waals surface area (Å²) in [7, 11) is 1.67. The smallest absolute Gasteiger partial charge is 0.228 e. The monoisotopic (exact) mass is 374 g/mol. The Morgan fingerprint density at radius 2 is 1.85 bits per heavy atom. The predicted molar refractivity (Wildman–Crippen MR) is 104 cm³/mol. The highest BCUT2D eigenvalue weighted by Gasteiger charge is 2.38. The average molecular weight is 374 g/mol. The van der Waals surface area contributed by atoms with Crippen LogP contribution in [0.1, 0.15) is 24.8 Å². The van der Waals surface area contributed by atoms with Gasteiger partial charge in [0, 0.05) is 45.5 Å². The summed E-state index contributed by atoms with van der Waals surface area (Å²) in [6.45, 7) is 5.99. The van der Waals surface area contributed by atoms with Gasteiger partial charge >= 0.3 is 0 Å². The second kappa shape index (κ2) is 9.33. The number of aryl methyl sites for hydroxylation is 1. The number of carbonyl (C=O) groups is 2. The van der Waals surface area contributed by atoms with E-state index >= 15 is 0 Å². The summed E-state index contributed by atoms with van der Waals surface area (Å²) >= 11 is 0. The molecule has 6 heteroatoms. The molecule has 0 N–H and O–H groups in total. The standard InChI is InChI=1S/C21H30N2O4/c1-16-3-5-19(6-4-16)23-14-18(13-20(23)24)21(25)22-9-7-17(8-10-22)15-27-12-11-26-2/h3-6,17-18H,7-15H2,1-2H3. The first-order valence-corrected chi connectivity index (χ1v) is 9.81. The molecule has 2 saturated heterocycles. The van der Waals surface area contributed by atoms with Crippen molar-refractivity contribution in [1.82, 2.24) is 4.90 Å². The van der Waals surface area contributed by atoms with Gasteiger partial charge in [-0.15, -0.1) is 0 Å². The molecule has 0 spiro atoms. The summed E-state index contributed by atoms with van der Waals surface area (Å²) in [4.78, 5) is 29.0. The van der Waals surface area contributed by atoms with Gasteiger partial charge in [-0.1, -0.05) is 17.7 Å². The van der Waals surface area contributed by atoms with Gasteiger partial charge in [-0.2, -0.15) is 0 Å². The van der Waals surface area contributed by atoms with Gasteiger partial charge < -0.3 is 19.3 Å². The SMILES string of the molecule is COCCOCC1CCN(C(=O)C2CC(=O)N(c3ccc(C)cc3)C2)CC1. The van der Waals surface area contributed by atoms with E-state index in [4.69, 9.17) is 9.47 Å². The van der Waals surface area contributed by atoms with Crippen molar-refractivity contribution < 1.29 is 19.1 Å². The fraction of sp³-hybridized carbons (Fsp3) is 0.619. The molecule has 2 heterocycles. The number of benzene rings is 1. The number of amides is 2. The number of likely N-dealkylation sites (tertiary alicyclic amines) is 1. The fourth-order valence-corrected chi connectivity index (χ4v) is 3.82. The number of hydrogen-bond acceptors (Lipinski definition) is 4. The van der Waals surface area contributed by atoms with Crippen LogP contribution in [-0.4, -0.2) is 63.3 Å². The lowest BCUT2D eigenvalue weighted by atomic mass is 9.96. The number of anilines is 1. The van der Waals surface area contributed by atoms with E-state index in [9.17, 15) is 9.59 Å². The third kappa shape index (κ3) is 5.08. The second-order valence-electron chi connectivity index (χ2n) is 7.58. The molecule has 0 bridgehead atoms. The summed E-state index contributed by atoms with van der Waals surface area (Å²) in [5, 5.41) is 0. The molecule has 1 unspecified atom stereocenters. The highest BCUT2D eigenvalue weighted by atomic mass is 16.5. The topological polar surface area (TPSA) is 59.1 Å². The highest BCUT2D eigenvalue weighted by Crippen LogP contribution is 2.28. The maximum Gasteiger partial charge on any atom is 0.228 e. The molecule has 2 amide bonds. The summed E-state index contributed by atoms with van der Waals surface area (Å²) in [6, 6.07) is 7.90. The Morgan fingerprint density at radius 1 is 1.15 bits per heavy atom. The molecule has 0 radical (unpaired) electrons. The zero-order valence-electron chi connectivity index (χ0n) is 16.4. The van der Waals surface area contributed by atoms with E-state index < -0.39 is 0 Å². The van der Waals surface area contributed by atoms with E-state index in [2.05, 4.69) is 0 Å². The Kier molecular flexibility index (Phi) is 6.85. The minimum absolute atomic E-state index is 0.0404. The maximum atomic E-state index is 12.9. The van der Waals surface area contributed by atoms with Gasteiger partial charge in [0.15, 0.2) is 0 Å². The minimum atomic E-state index is -0.228. The summed E-state index contributed by atoms with van der Waals surface area (Å²) in [6.07, 6.45) is 2.23. The van der Waals surface area contributed by atoms with Crippen LogP contribution in [0.3, 0.4) is 0 Å². The molecule has 148 valence electrons. The van der Waals surface area contributed by atoms with Crippen LogP contribution in [0, 0.1) is 18.8 Å². The van der Waals surface area contributed by atoms with Crippen LogP contribution in [0.5, 0.6) is 0 Å². The number of methoxy groups -OCH3 is 1. The van der Waals surface area contributed by atoms with E-state index in [1.807, 2.05) is 36.1 Å². The number of ether oxygens (including phenoxy) is 2. The van der Waals surface area contributed by atoms with Crippen molar-refractivity contribution in [2.75, 3.05) is 51.5 Å². The number of nitrogens with zero attached hydrogens (tertiary/aromatic N) is 2. The Balaban J connectivity index is 1.48. The first kappa shape index (κ1) is 19.8. The van der Waals surface area contributed by atoms with Gasteiger partial charge in [-0.25, -0.2) is 0 Å². The Hall–Kier alpha value is -1.92.